The first-order chi connectivity index (χ1) is 23.6. The Morgan fingerprint density at radius 3 is 1.84 bits per heavy atom. The van der Waals surface area contributed by atoms with Gasteiger partial charge in [0, 0.05) is 4.47 Å². The fourth-order valence-corrected chi connectivity index (χ4v) is 7.10. The van der Waals surface area contributed by atoms with Crippen molar-refractivity contribution in [3.05, 3.63) is 76.1 Å². The Hall–Kier alpha value is -0.907. The zero-order valence-corrected chi connectivity index (χ0v) is 37.4. The van der Waals surface area contributed by atoms with Crippen LogP contribution in [0.3, 0.4) is 0 Å². The first-order valence-corrected chi connectivity index (χ1v) is 25.9. The molecule has 2 heterocycles. The second kappa shape index (κ2) is 20.0. The third-order valence-corrected chi connectivity index (χ3v) is 10.9. The van der Waals surface area contributed by atoms with Crippen molar-refractivity contribution in [1.82, 2.24) is 0 Å². The number of esters is 2. The predicted molar refractivity (Wildman–Crippen MR) is 197 cm³/mol. The van der Waals surface area contributed by atoms with E-state index in [0.717, 1.165) is 60.9 Å². The van der Waals surface area contributed by atoms with E-state index in [0.29, 0.717) is 23.0 Å². The molecular weight excluding hydrogens is 896 g/mol. The molecule has 2 aliphatic carbocycles. The number of halogens is 5. The fourth-order valence-electron chi connectivity index (χ4n) is 6.00. The van der Waals surface area contributed by atoms with Crippen LogP contribution in [0.4, 0.5) is 8.78 Å². The Labute approximate surface area is 330 Å². The molecule has 0 radical (unpaired) electrons. The fraction of sp³-hybridized carbons (Fsp3) is 0.605. The van der Waals surface area contributed by atoms with E-state index in [1.54, 1.807) is 6.07 Å². The quantitative estimate of drug-likeness (QED) is 0.0905. The van der Waals surface area contributed by atoms with Gasteiger partial charge < -0.3 is 18.9 Å². The summed E-state index contributed by atoms with van der Waals surface area (Å²) in [6.45, 7) is 12.7. The summed E-state index contributed by atoms with van der Waals surface area (Å²) in [6, 6.07) is 9.42. The zero-order chi connectivity index (χ0) is 37.1. The number of carbonyl (C=O) groups is 2. The maximum absolute atomic E-state index is 13.8. The van der Waals surface area contributed by atoms with Gasteiger partial charge >= 0.3 is 35.9 Å². The molecule has 2 saturated carbocycles. The van der Waals surface area contributed by atoms with E-state index >= 15 is 0 Å². The molecule has 2 spiro atoms. The number of rotatable bonds is 7. The second-order valence-electron chi connectivity index (χ2n) is 14.6. The van der Waals surface area contributed by atoms with Crippen LogP contribution in [0.1, 0.15) is 126 Å². The molecule has 274 valence electrons. The summed E-state index contributed by atoms with van der Waals surface area (Å²) in [4.78, 5) is 21.7. The van der Waals surface area contributed by atoms with Gasteiger partial charge in [0.05, 0.1) is 32.0 Å². The molecule has 2 aromatic carbocycles. The molecule has 2 aromatic rings. The van der Waals surface area contributed by atoms with Crippen LogP contribution in [-0.2, 0) is 44.9 Å². The number of unbranched alkanes of at least 4 members (excludes halogenated alkanes) is 1. The summed E-state index contributed by atoms with van der Waals surface area (Å²) < 4.78 is 49.5. The van der Waals surface area contributed by atoms with Crippen molar-refractivity contribution < 1.29 is 53.7 Å². The molecule has 4 fully saturated rings. The number of carbonyl (C=O) groups excluding carboxylic acids is 2. The van der Waals surface area contributed by atoms with Crippen molar-refractivity contribution in [2.45, 2.75) is 115 Å². The van der Waals surface area contributed by atoms with Gasteiger partial charge in [-0.15, -0.1) is 0 Å². The van der Waals surface area contributed by atoms with Crippen molar-refractivity contribution in [3.8, 4) is 0 Å². The van der Waals surface area contributed by atoms with Gasteiger partial charge in [0.1, 0.15) is 22.1 Å². The minimum absolute atomic E-state index is 0.0886. The predicted octanol–water partition coefficient (Wildman–Crippen LogP) is 11.5. The topological polar surface area (TPSA) is 71.1 Å². The molecule has 0 N–H and O–H groups in total. The monoisotopic (exact) mass is 940 g/mol. The number of alkyl halides is 1. The van der Waals surface area contributed by atoms with Crippen LogP contribution in [0.2, 0.25) is 0 Å². The van der Waals surface area contributed by atoms with Crippen LogP contribution >= 0.6 is 45.5 Å². The summed E-state index contributed by atoms with van der Waals surface area (Å²) in [5, 5.41) is 0. The molecule has 3 unspecified atom stereocenters. The van der Waals surface area contributed by atoms with Crippen molar-refractivity contribution in [1.29, 1.82) is 0 Å². The van der Waals surface area contributed by atoms with Crippen molar-refractivity contribution in [2.75, 3.05) is 19.8 Å². The molecule has 0 aromatic heterocycles. The van der Waals surface area contributed by atoms with Crippen molar-refractivity contribution >= 4 is 57.4 Å². The number of hydrogen-bond acceptors (Lipinski definition) is 6. The number of hydrogen-bond donors (Lipinski definition) is 0. The average molecular weight is 945 g/mol. The Bertz CT molecular complexity index is 1390. The van der Waals surface area contributed by atoms with E-state index in [-0.39, 0.29) is 23.8 Å². The summed E-state index contributed by atoms with van der Waals surface area (Å²) in [5.41, 5.74) is 2.88. The first-order valence-electron chi connectivity index (χ1n) is 17.2. The average Bonchev–Trinajstić information content (AvgIpc) is 4.01. The van der Waals surface area contributed by atoms with Gasteiger partial charge in [-0.1, -0.05) is 57.3 Å². The van der Waals surface area contributed by atoms with Gasteiger partial charge in [0.15, 0.2) is 5.97 Å². The van der Waals surface area contributed by atoms with E-state index in [2.05, 4.69) is 57.1 Å². The summed E-state index contributed by atoms with van der Waals surface area (Å²) in [5.74, 6) is -1.41. The van der Waals surface area contributed by atoms with Gasteiger partial charge in [-0.2, -0.15) is 0 Å². The summed E-state index contributed by atoms with van der Waals surface area (Å²) in [6.07, 6.45) is 11.5. The Morgan fingerprint density at radius 2 is 1.42 bits per heavy atom. The number of benzene rings is 2. The molecule has 6 nitrogen and oxygen atoms in total. The molecule has 0 amide bonds. The van der Waals surface area contributed by atoms with Crippen LogP contribution in [0.15, 0.2) is 40.9 Å². The molecular formula is C38H49Br3F2O6Zn. The summed E-state index contributed by atoms with van der Waals surface area (Å²) in [7, 11) is 0. The first kappa shape index (κ1) is 43.5. The minimum atomic E-state index is -0.706. The van der Waals surface area contributed by atoms with Gasteiger partial charge in [-0.25, -0.2) is 8.78 Å². The van der Waals surface area contributed by atoms with Crippen LogP contribution in [-0.4, -0.2) is 37.4 Å². The number of ether oxygens (including phenoxy) is 4. The molecule has 6 rings (SSSR count). The Kier molecular flexibility index (Phi) is 17.4. The third-order valence-electron chi connectivity index (χ3n) is 9.32. The van der Waals surface area contributed by atoms with E-state index < -0.39 is 22.4 Å². The molecule has 0 bridgehead atoms. The van der Waals surface area contributed by atoms with E-state index in [1.165, 1.54) is 72.7 Å². The molecule has 2 saturated heterocycles. The van der Waals surface area contributed by atoms with Crippen molar-refractivity contribution in [3.63, 3.8) is 0 Å². The standard InChI is InChI=1S/C19H24BrFO3.C13H14BrFO.C6H11O2.BrH.Zn/c1-18(2,3)24-17(22)16(20)14-10-12(21)4-5-13(14)15-6-7-19(8-9-19)11-23-15;14-11-7-9(15)1-2-10(11)12-3-4-13(5-6-13)8-16-12;1-3-4-5-8-6(2)7;;/h4-5,10,15-16H,6-9,11H2,1-3H3;1-2,7,12H,3-6,8H2;2-5H2,1H3;1H;/q;;-1;;+2/p-1. The van der Waals surface area contributed by atoms with Crippen LogP contribution in [0.5, 0.6) is 0 Å². The van der Waals surface area contributed by atoms with Gasteiger partial charge in [0.2, 0.25) is 0 Å². The van der Waals surface area contributed by atoms with Gasteiger partial charge in [0.25, 0.3) is 0 Å². The summed E-state index contributed by atoms with van der Waals surface area (Å²) >= 11 is 11.1. The normalized spacial score (nSPS) is 21.6. The molecule has 3 atom stereocenters. The van der Waals surface area contributed by atoms with Crippen molar-refractivity contribution in [2.24, 2.45) is 10.8 Å². The van der Waals surface area contributed by atoms with E-state index in [4.69, 9.17) is 14.2 Å². The molecule has 12 heteroatoms. The molecule has 2 aliphatic heterocycles. The van der Waals surface area contributed by atoms with Gasteiger partial charge in [-0.05, 0) is 130 Å². The zero-order valence-electron chi connectivity index (χ0n) is 29.6. The van der Waals surface area contributed by atoms with E-state index in [9.17, 15) is 18.4 Å². The SMILES string of the molecule is CC(C)(C)OC(=O)C(Br)c1cc(F)ccc1C1CCC2(CC2)CO1.Fc1ccc(C2CCC3(CC3)CO2)c(Br)c1.[CH2-]C(=O)OCCCC.[Zn+][Br]. The molecule has 4 aliphatic rings. The maximum atomic E-state index is 13.8. The van der Waals surface area contributed by atoms with Gasteiger partial charge in [-0.3, -0.25) is 16.5 Å². The molecule has 50 heavy (non-hydrogen) atoms. The van der Waals surface area contributed by atoms with E-state index in [1.807, 2.05) is 33.8 Å². The Balaban J connectivity index is 0.000000223. The van der Waals surface area contributed by atoms with Crippen LogP contribution < -0.4 is 0 Å². The Morgan fingerprint density at radius 1 is 0.920 bits per heavy atom. The second-order valence-corrected chi connectivity index (χ2v) is 16.4. The van der Waals surface area contributed by atoms with Crippen LogP contribution in [0, 0.1) is 29.4 Å². The van der Waals surface area contributed by atoms with Crippen LogP contribution in [0.25, 0.3) is 0 Å². The third kappa shape index (κ3) is 13.8.